The average Bonchev–Trinajstić information content (AvgIpc) is 2.27. The maximum absolute atomic E-state index is 11.4. The van der Waals surface area contributed by atoms with Crippen molar-refractivity contribution in [3.05, 3.63) is 47.0 Å². The Morgan fingerprint density at radius 2 is 1.53 bits per heavy atom. The van der Waals surface area contributed by atoms with Crippen LogP contribution in [0.5, 0.6) is 0 Å². The van der Waals surface area contributed by atoms with Crippen LogP contribution in [0.2, 0.25) is 0 Å². The van der Waals surface area contributed by atoms with E-state index in [-0.39, 0.29) is 17.6 Å². The van der Waals surface area contributed by atoms with Crippen LogP contribution in [0.25, 0.3) is 0 Å². The molecule has 0 unspecified atom stereocenters. The lowest BCUT2D eigenvalue weighted by atomic mass is 9.81. The first-order chi connectivity index (χ1) is 8.73. The van der Waals surface area contributed by atoms with Crippen LogP contribution in [-0.4, -0.2) is 22.2 Å². The highest BCUT2D eigenvalue weighted by atomic mass is 16.4. The molecule has 0 aromatic heterocycles. The van der Waals surface area contributed by atoms with Gasteiger partial charge in [-0.3, -0.25) is 0 Å². The average molecular weight is 262 g/mol. The number of hydrogen-bond donors (Lipinski definition) is 2. The summed E-state index contributed by atoms with van der Waals surface area (Å²) in [5.41, 5.74) is -0.0631. The summed E-state index contributed by atoms with van der Waals surface area (Å²) in [4.78, 5) is 22.7. The summed E-state index contributed by atoms with van der Waals surface area (Å²) in [5.74, 6) is -2.36. The highest BCUT2D eigenvalue weighted by Crippen LogP contribution is 2.30. The molecule has 0 atom stereocenters. The van der Waals surface area contributed by atoms with E-state index in [1.54, 1.807) is 45.0 Å². The normalized spacial score (nSPS) is 12.8. The van der Waals surface area contributed by atoms with Gasteiger partial charge in [-0.05, 0) is 11.0 Å². The summed E-state index contributed by atoms with van der Waals surface area (Å²) >= 11 is 0. The Morgan fingerprint density at radius 3 is 1.89 bits per heavy atom. The van der Waals surface area contributed by atoms with Crippen LogP contribution in [0.4, 0.5) is 0 Å². The molecule has 2 N–H and O–H groups in total. The second-order valence-electron chi connectivity index (χ2n) is 5.38. The van der Waals surface area contributed by atoms with Crippen molar-refractivity contribution in [2.75, 3.05) is 0 Å². The molecule has 0 heterocycles. The van der Waals surface area contributed by atoms with Crippen molar-refractivity contribution in [2.45, 2.75) is 27.2 Å². The number of benzene rings is 1. The van der Waals surface area contributed by atoms with E-state index in [4.69, 9.17) is 0 Å². The highest BCUT2D eigenvalue weighted by molar-refractivity contribution is 5.99. The van der Waals surface area contributed by atoms with Gasteiger partial charge in [0.05, 0.1) is 11.1 Å². The number of carbonyl (C=O) groups is 2. The second kappa shape index (κ2) is 5.69. The maximum atomic E-state index is 11.4. The molecule has 0 aliphatic rings. The minimum Gasteiger partial charge on any atom is -0.478 e. The Morgan fingerprint density at radius 1 is 1.00 bits per heavy atom. The molecule has 0 aliphatic carbocycles. The fraction of sp³-hybridized carbons (Fsp3) is 0.333. The third-order valence-corrected chi connectivity index (χ3v) is 2.75. The topological polar surface area (TPSA) is 74.6 Å². The molecular formula is C15H18O4. The van der Waals surface area contributed by atoms with Gasteiger partial charge < -0.3 is 10.2 Å². The first kappa shape index (κ1) is 15.0. The van der Waals surface area contributed by atoms with Gasteiger partial charge in [0.1, 0.15) is 0 Å². The van der Waals surface area contributed by atoms with Crippen molar-refractivity contribution < 1.29 is 19.8 Å². The molecule has 1 aromatic rings. The van der Waals surface area contributed by atoms with Crippen molar-refractivity contribution in [1.82, 2.24) is 0 Å². The van der Waals surface area contributed by atoms with Gasteiger partial charge in [-0.2, -0.15) is 0 Å². The van der Waals surface area contributed by atoms with Gasteiger partial charge in [-0.15, -0.1) is 0 Å². The Hall–Kier alpha value is -2.10. The van der Waals surface area contributed by atoms with Gasteiger partial charge >= 0.3 is 11.9 Å². The van der Waals surface area contributed by atoms with Crippen molar-refractivity contribution in [3.63, 3.8) is 0 Å². The highest BCUT2D eigenvalue weighted by Gasteiger charge is 2.30. The first-order valence-electron chi connectivity index (χ1n) is 5.97. The van der Waals surface area contributed by atoms with Crippen LogP contribution in [-0.2, 0) is 16.0 Å². The first-order valence-corrected chi connectivity index (χ1v) is 5.97. The monoisotopic (exact) mass is 262 g/mol. The van der Waals surface area contributed by atoms with Gasteiger partial charge in [-0.1, -0.05) is 51.1 Å². The Kier molecular flexibility index (Phi) is 4.48. The minimum absolute atomic E-state index is 0.0520. The van der Waals surface area contributed by atoms with E-state index in [2.05, 4.69) is 0 Å². The molecule has 0 saturated heterocycles. The van der Waals surface area contributed by atoms with E-state index >= 15 is 0 Å². The Bertz CT molecular complexity index is 507. The van der Waals surface area contributed by atoms with Gasteiger partial charge in [-0.25, -0.2) is 9.59 Å². The molecule has 4 nitrogen and oxygen atoms in total. The zero-order valence-electron chi connectivity index (χ0n) is 11.3. The van der Waals surface area contributed by atoms with Crippen LogP contribution in [0, 0.1) is 5.41 Å². The third kappa shape index (κ3) is 3.95. The number of aliphatic carboxylic acids is 2. The largest absolute Gasteiger partial charge is 0.478 e. The maximum Gasteiger partial charge on any atom is 0.332 e. The van der Waals surface area contributed by atoms with E-state index in [0.29, 0.717) is 0 Å². The van der Waals surface area contributed by atoms with Crippen LogP contribution in [0.3, 0.4) is 0 Å². The fourth-order valence-electron chi connectivity index (χ4n) is 1.97. The van der Waals surface area contributed by atoms with Crippen LogP contribution in [0.15, 0.2) is 41.5 Å². The lowest BCUT2D eigenvalue weighted by Gasteiger charge is -2.22. The Labute approximate surface area is 112 Å². The molecular weight excluding hydrogens is 244 g/mol. The molecule has 0 fully saturated rings. The van der Waals surface area contributed by atoms with Crippen LogP contribution in [0.1, 0.15) is 26.3 Å². The van der Waals surface area contributed by atoms with Crippen molar-refractivity contribution in [2.24, 2.45) is 5.41 Å². The molecule has 0 spiro atoms. The zero-order valence-corrected chi connectivity index (χ0v) is 11.3. The van der Waals surface area contributed by atoms with E-state index < -0.39 is 17.4 Å². The van der Waals surface area contributed by atoms with E-state index in [1.807, 2.05) is 6.07 Å². The van der Waals surface area contributed by atoms with E-state index in [1.165, 1.54) is 0 Å². The smallest absolute Gasteiger partial charge is 0.332 e. The summed E-state index contributed by atoms with van der Waals surface area (Å²) in [6.45, 7) is 5.10. The summed E-state index contributed by atoms with van der Waals surface area (Å²) in [5, 5.41) is 18.6. The van der Waals surface area contributed by atoms with Crippen molar-refractivity contribution in [3.8, 4) is 0 Å². The quantitative estimate of drug-likeness (QED) is 0.818. The predicted octanol–water partition coefficient (Wildman–Crippen LogP) is 2.74. The molecule has 0 bridgehead atoms. The van der Waals surface area contributed by atoms with Gasteiger partial charge in [0.2, 0.25) is 0 Å². The Balaban J connectivity index is 3.32. The number of rotatable bonds is 4. The summed E-state index contributed by atoms with van der Waals surface area (Å²) in [7, 11) is 0. The van der Waals surface area contributed by atoms with Gasteiger partial charge in [0.25, 0.3) is 0 Å². The number of carboxylic acid groups (broad SMARTS) is 2. The minimum atomic E-state index is -1.18. The summed E-state index contributed by atoms with van der Waals surface area (Å²) < 4.78 is 0. The van der Waals surface area contributed by atoms with Crippen LogP contribution < -0.4 is 0 Å². The molecule has 1 rings (SSSR count). The molecule has 0 amide bonds. The lowest BCUT2D eigenvalue weighted by molar-refractivity contribution is -0.136. The van der Waals surface area contributed by atoms with E-state index in [0.717, 1.165) is 5.56 Å². The van der Waals surface area contributed by atoms with E-state index in [9.17, 15) is 19.8 Å². The standard InChI is InChI=1S/C15H18O4/c1-15(2,3)12(14(18)19)11(13(16)17)9-10-7-5-4-6-8-10/h4-8H,9H2,1-3H3,(H,16,17)(H,18,19)/b12-11-. The third-order valence-electron chi connectivity index (χ3n) is 2.75. The predicted molar refractivity (Wildman–Crippen MR) is 71.9 cm³/mol. The molecule has 19 heavy (non-hydrogen) atoms. The van der Waals surface area contributed by atoms with Gasteiger partial charge in [0.15, 0.2) is 0 Å². The van der Waals surface area contributed by atoms with Crippen molar-refractivity contribution >= 4 is 11.9 Å². The van der Waals surface area contributed by atoms with Crippen LogP contribution >= 0.6 is 0 Å². The molecule has 102 valence electrons. The zero-order chi connectivity index (χ0) is 14.6. The van der Waals surface area contributed by atoms with Gasteiger partial charge in [0, 0.05) is 6.42 Å². The summed E-state index contributed by atoms with van der Waals surface area (Å²) in [6.07, 6.45) is 0.106. The van der Waals surface area contributed by atoms with Crippen molar-refractivity contribution in [1.29, 1.82) is 0 Å². The summed E-state index contributed by atoms with van der Waals surface area (Å²) in [6, 6.07) is 8.99. The lowest BCUT2D eigenvalue weighted by Crippen LogP contribution is -2.23. The molecule has 0 aliphatic heterocycles. The number of hydrogen-bond acceptors (Lipinski definition) is 2. The fourth-order valence-corrected chi connectivity index (χ4v) is 1.97. The second-order valence-corrected chi connectivity index (χ2v) is 5.38. The molecule has 0 radical (unpaired) electrons. The number of carboxylic acids is 2. The molecule has 1 aromatic carbocycles. The molecule has 0 saturated carbocycles. The SMILES string of the molecule is CC(C)(C)/C(C(=O)O)=C(/Cc1ccccc1)C(=O)O. The molecule has 4 heteroatoms.